The van der Waals surface area contributed by atoms with Gasteiger partial charge in [0.15, 0.2) is 0 Å². The van der Waals surface area contributed by atoms with Crippen LogP contribution in [-0.2, 0) is 0 Å². The molecule has 0 saturated heterocycles. The number of aliphatic hydroxyl groups is 1. The van der Waals surface area contributed by atoms with E-state index in [2.05, 4.69) is 26.8 Å². The van der Waals surface area contributed by atoms with E-state index in [1.807, 2.05) is 0 Å². The predicted molar refractivity (Wildman–Crippen MR) is 68.2 cm³/mol. The molecule has 0 aromatic carbocycles. The Bertz CT molecular complexity index is 281. The topological polar surface area (TPSA) is 20.2 Å². The summed E-state index contributed by atoms with van der Waals surface area (Å²) in [6, 6.07) is 0. The summed E-state index contributed by atoms with van der Waals surface area (Å²) in [6.07, 6.45) is 8.87. The van der Waals surface area contributed by atoms with Gasteiger partial charge in [-0.05, 0) is 42.4 Å². The molecule has 2 rings (SSSR count). The summed E-state index contributed by atoms with van der Waals surface area (Å²) in [5, 5.41) is 9.10. The first-order chi connectivity index (χ1) is 7.59. The number of allylic oxidation sites excluding steroid dienone is 2. The van der Waals surface area contributed by atoms with Crippen molar-refractivity contribution in [3.05, 3.63) is 11.6 Å². The van der Waals surface area contributed by atoms with E-state index in [9.17, 15) is 0 Å². The SMILES string of the molecule is CC1CCC[C@]2(C)C([C@H](C)CCO)=CC[C@@H]12. The molecule has 0 amide bonds. The zero-order valence-corrected chi connectivity index (χ0v) is 11.0. The van der Waals surface area contributed by atoms with Gasteiger partial charge in [0.1, 0.15) is 0 Å². The van der Waals surface area contributed by atoms with Gasteiger partial charge >= 0.3 is 0 Å². The van der Waals surface area contributed by atoms with Crippen LogP contribution in [0.3, 0.4) is 0 Å². The second-order valence-corrected chi connectivity index (χ2v) is 6.20. The van der Waals surface area contributed by atoms with Crippen LogP contribution in [0.5, 0.6) is 0 Å². The van der Waals surface area contributed by atoms with Gasteiger partial charge < -0.3 is 5.11 Å². The summed E-state index contributed by atoms with van der Waals surface area (Å²) < 4.78 is 0. The molecule has 0 radical (unpaired) electrons. The summed E-state index contributed by atoms with van der Waals surface area (Å²) in [5.41, 5.74) is 2.10. The molecule has 0 aromatic rings. The van der Waals surface area contributed by atoms with Gasteiger partial charge in [-0.2, -0.15) is 0 Å². The Morgan fingerprint density at radius 3 is 3.00 bits per heavy atom. The predicted octanol–water partition coefficient (Wildman–Crippen LogP) is 3.78. The van der Waals surface area contributed by atoms with Crippen LogP contribution < -0.4 is 0 Å². The number of fused-ring (bicyclic) bond motifs is 1. The third kappa shape index (κ3) is 1.84. The molecule has 2 aliphatic carbocycles. The molecule has 0 bridgehead atoms. The zero-order chi connectivity index (χ0) is 11.8. The molecule has 0 aromatic heterocycles. The Morgan fingerprint density at radius 1 is 1.56 bits per heavy atom. The van der Waals surface area contributed by atoms with E-state index in [4.69, 9.17) is 5.11 Å². The van der Waals surface area contributed by atoms with E-state index >= 15 is 0 Å². The molecule has 1 unspecified atom stereocenters. The Morgan fingerprint density at radius 2 is 2.31 bits per heavy atom. The zero-order valence-electron chi connectivity index (χ0n) is 11.0. The molecule has 2 aliphatic rings. The van der Waals surface area contributed by atoms with Crippen LogP contribution in [0.25, 0.3) is 0 Å². The molecule has 1 nitrogen and oxygen atoms in total. The molecule has 16 heavy (non-hydrogen) atoms. The molecular weight excluding hydrogens is 196 g/mol. The molecule has 1 fully saturated rings. The molecule has 0 aliphatic heterocycles. The lowest BCUT2D eigenvalue weighted by atomic mass is 9.60. The molecular formula is C15H26O. The van der Waals surface area contributed by atoms with Gasteiger partial charge in [-0.25, -0.2) is 0 Å². The minimum atomic E-state index is 0.328. The summed E-state index contributed by atoms with van der Waals surface area (Å²) in [4.78, 5) is 0. The van der Waals surface area contributed by atoms with Crippen LogP contribution >= 0.6 is 0 Å². The molecule has 1 N–H and O–H groups in total. The fraction of sp³-hybridized carbons (Fsp3) is 0.867. The quantitative estimate of drug-likeness (QED) is 0.721. The molecule has 1 heteroatoms. The van der Waals surface area contributed by atoms with Crippen molar-refractivity contribution in [1.82, 2.24) is 0 Å². The maximum Gasteiger partial charge on any atom is 0.0436 e. The highest BCUT2D eigenvalue weighted by atomic mass is 16.3. The maximum atomic E-state index is 9.10. The normalized spacial score (nSPS) is 40.4. The van der Waals surface area contributed by atoms with Crippen LogP contribution in [0.2, 0.25) is 0 Å². The van der Waals surface area contributed by atoms with Crippen LogP contribution in [-0.4, -0.2) is 11.7 Å². The molecule has 4 atom stereocenters. The van der Waals surface area contributed by atoms with Crippen molar-refractivity contribution in [1.29, 1.82) is 0 Å². The molecule has 1 saturated carbocycles. The first kappa shape index (κ1) is 12.2. The van der Waals surface area contributed by atoms with Gasteiger partial charge in [-0.1, -0.05) is 45.3 Å². The second kappa shape index (κ2) is 4.52. The number of aliphatic hydroxyl groups excluding tert-OH is 1. The molecule has 0 spiro atoms. The minimum absolute atomic E-state index is 0.328. The van der Waals surface area contributed by atoms with Crippen molar-refractivity contribution in [2.24, 2.45) is 23.2 Å². The minimum Gasteiger partial charge on any atom is -0.396 e. The van der Waals surface area contributed by atoms with E-state index < -0.39 is 0 Å². The largest absolute Gasteiger partial charge is 0.396 e. The lowest BCUT2D eigenvalue weighted by Gasteiger charge is -2.44. The van der Waals surface area contributed by atoms with E-state index in [1.165, 1.54) is 25.7 Å². The monoisotopic (exact) mass is 222 g/mol. The Labute approximate surface area is 99.9 Å². The summed E-state index contributed by atoms with van der Waals surface area (Å²) in [7, 11) is 0. The van der Waals surface area contributed by atoms with Gasteiger partial charge in [-0.3, -0.25) is 0 Å². The van der Waals surface area contributed by atoms with Crippen molar-refractivity contribution in [2.45, 2.75) is 52.9 Å². The van der Waals surface area contributed by atoms with E-state index in [0.717, 1.165) is 18.3 Å². The van der Waals surface area contributed by atoms with Gasteiger partial charge in [0, 0.05) is 6.61 Å². The van der Waals surface area contributed by atoms with Crippen LogP contribution in [0, 0.1) is 23.2 Å². The summed E-state index contributed by atoms with van der Waals surface area (Å²) in [5.74, 6) is 2.33. The Balaban J connectivity index is 2.16. The number of hydrogen-bond donors (Lipinski definition) is 1. The van der Waals surface area contributed by atoms with Crippen LogP contribution in [0.15, 0.2) is 11.6 Å². The van der Waals surface area contributed by atoms with E-state index in [0.29, 0.717) is 17.9 Å². The third-order valence-corrected chi connectivity index (χ3v) is 5.21. The molecule has 0 heterocycles. The van der Waals surface area contributed by atoms with E-state index in [1.54, 1.807) is 5.57 Å². The van der Waals surface area contributed by atoms with Crippen molar-refractivity contribution < 1.29 is 5.11 Å². The standard InChI is InChI=1S/C15H26O/c1-11-5-4-9-15(3)13(11)6-7-14(15)12(2)8-10-16/h7,11-13,16H,4-6,8-10H2,1-3H3/t11?,12-,13+,15+/m1/s1. The summed E-state index contributed by atoms with van der Waals surface area (Å²) in [6.45, 7) is 7.51. The van der Waals surface area contributed by atoms with Crippen LogP contribution in [0.4, 0.5) is 0 Å². The van der Waals surface area contributed by atoms with Crippen molar-refractivity contribution in [3.8, 4) is 0 Å². The number of rotatable bonds is 3. The Hall–Kier alpha value is -0.300. The van der Waals surface area contributed by atoms with E-state index in [-0.39, 0.29) is 0 Å². The van der Waals surface area contributed by atoms with Crippen molar-refractivity contribution in [3.63, 3.8) is 0 Å². The average Bonchev–Trinajstić information content (AvgIpc) is 2.57. The first-order valence-corrected chi connectivity index (χ1v) is 6.91. The molecule has 92 valence electrons. The lowest BCUT2D eigenvalue weighted by molar-refractivity contribution is 0.108. The number of hydrogen-bond acceptors (Lipinski definition) is 1. The Kier molecular flexibility index (Phi) is 3.44. The van der Waals surface area contributed by atoms with Gasteiger partial charge in [0.25, 0.3) is 0 Å². The van der Waals surface area contributed by atoms with Gasteiger partial charge in [-0.15, -0.1) is 0 Å². The highest BCUT2D eigenvalue weighted by Gasteiger charge is 2.46. The smallest absolute Gasteiger partial charge is 0.0436 e. The fourth-order valence-electron chi connectivity index (χ4n) is 4.26. The van der Waals surface area contributed by atoms with Crippen molar-refractivity contribution in [2.75, 3.05) is 6.61 Å². The van der Waals surface area contributed by atoms with Gasteiger partial charge in [0.05, 0.1) is 0 Å². The maximum absolute atomic E-state index is 9.10. The fourth-order valence-corrected chi connectivity index (χ4v) is 4.26. The highest BCUT2D eigenvalue weighted by Crippen LogP contribution is 2.56. The lowest BCUT2D eigenvalue weighted by Crippen LogP contribution is -2.35. The third-order valence-electron chi connectivity index (χ3n) is 5.21. The average molecular weight is 222 g/mol. The van der Waals surface area contributed by atoms with Gasteiger partial charge in [0.2, 0.25) is 0 Å². The first-order valence-electron chi connectivity index (χ1n) is 6.91. The highest BCUT2D eigenvalue weighted by molar-refractivity contribution is 5.25. The van der Waals surface area contributed by atoms with Crippen molar-refractivity contribution >= 4 is 0 Å². The second-order valence-electron chi connectivity index (χ2n) is 6.20. The van der Waals surface area contributed by atoms with Crippen LogP contribution in [0.1, 0.15) is 52.9 Å². The summed E-state index contributed by atoms with van der Waals surface area (Å²) >= 11 is 0.